The van der Waals surface area contributed by atoms with Crippen molar-refractivity contribution in [2.75, 3.05) is 44.7 Å². The van der Waals surface area contributed by atoms with Crippen LogP contribution in [0.4, 0.5) is 5.69 Å². The molecule has 0 amide bonds. The Hall–Kier alpha value is -1.10. The number of morpholine rings is 1. The maximum absolute atomic E-state index is 10.2. The molecule has 0 aliphatic carbocycles. The molecular formula is C16H24N2O2. The van der Waals surface area contributed by atoms with Gasteiger partial charge in [0.25, 0.3) is 0 Å². The summed E-state index contributed by atoms with van der Waals surface area (Å²) in [6, 6.07) is 8.23. The van der Waals surface area contributed by atoms with Gasteiger partial charge in [-0.25, -0.2) is 0 Å². The largest absolute Gasteiger partial charge is 0.388 e. The minimum Gasteiger partial charge on any atom is -0.388 e. The molecule has 0 saturated carbocycles. The monoisotopic (exact) mass is 276 g/mol. The maximum atomic E-state index is 10.2. The number of fused-ring (bicyclic) bond motifs is 1. The number of hydrogen-bond acceptors (Lipinski definition) is 4. The van der Waals surface area contributed by atoms with Gasteiger partial charge < -0.3 is 19.6 Å². The smallest absolute Gasteiger partial charge is 0.0876 e. The molecule has 2 aliphatic rings. The Morgan fingerprint density at radius 1 is 1.30 bits per heavy atom. The first-order valence-electron chi connectivity index (χ1n) is 7.56. The van der Waals surface area contributed by atoms with Crippen LogP contribution in [0.25, 0.3) is 0 Å². The molecule has 0 bridgehead atoms. The number of anilines is 1. The van der Waals surface area contributed by atoms with Crippen LogP contribution in [-0.4, -0.2) is 55.9 Å². The van der Waals surface area contributed by atoms with Gasteiger partial charge in [0, 0.05) is 37.4 Å². The first kappa shape index (κ1) is 13.9. The fourth-order valence-electron chi connectivity index (χ4n) is 3.22. The Labute approximate surface area is 120 Å². The van der Waals surface area contributed by atoms with Gasteiger partial charge in [-0.05, 0) is 26.0 Å². The highest BCUT2D eigenvalue weighted by Gasteiger charge is 2.25. The van der Waals surface area contributed by atoms with E-state index in [2.05, 4.69) is 29.0 Å². The van der Waals surface area contributed by atoms with Crippen LogP contribution >= 0.6 is 0 Å². The third kappa shape index (κ3) is 2.97. The fraction of sp³-hybridized carbons (Fsp3) is 0.625. The van der Waals surface area contributed by atoms with E-state index >= 15 is 0 Å². The van der Waals surface area contributed by atoms with Crippen LogP contribution in [0.1, 0.15) is 24.5 Å². The average Bonchev–Trinajstić information content (AvgIpc) is 2.60. The molecule has 20 heavy (non-hydrogen) atoms. The van der Waals surface area contributed by atoms with Crippen LogP contribution in [0.2, 0.25) is 0 Å². The molecule has 0 radical (unpaired) electrons. The summed E-state index contributed by atoms with van der Waals surface area (Å²) in [6.07, 6.45) is 1.81. The second kappa shape index (κ2) is 6.12. The summed E-state index contributed by atoms with van der Waals surface area (Å²) in [5, 5.41) is 10.2. The van der Waals surface area contributed by atoms with Gasteiger partial charge in [-0.15, -0.1) is 0 Å². The molecule has 110 valence electrons. The first-order valence-corrected chi connectivity index (χ1v) is 7.56. The zero-order chi connectivity index (χ0) is 13.9. The van der Waals surface area contributed by atoms with Crippen LogP contribution in [0, 0.1) is 0 Å². The van der Waals surface area contributed by atoms with Gasteiger partial charge in [-0.3, -0.25) is 0 Å². The summed E-state index contributed by atoms with van der Waals surface area (Å²) in [4.78, 5) is 4.71. The molecule has 4 heteroatoms. The first-order chi connectivity index (χ1) is 9.74. The molecule has 1 aromatic carbocycles. The van der Waals surface area contributed by atoms with E-state index in [1.807, 2.05) is 12.1 Å². The van der Waals surface area contributed by atoms with Crippen molar-refractivity contribution < 1.29 is 9.84 Å². The molecule has 1 fully saturated rings. The number of aliphatic hydroxyl groups is 1. The SMILES string of the molecule is CN1CCOC(CN2CCCC(O)c3ccccc32)C1. The highest BCUT2D eigenvalue weighted by molar-refractivity contribution is 5.55. The standard InChI is InChI=1S/C16H24N2O2/c1-17-9-10-20-13(11-17)12-18-8-4-7-16(19)14-5-2-3-6-15(14)18/h2-3,5-6,13,16,19H,4,7-12H2,1H3. The van der Waals surface area contributed by atoms with Crippen molar-refractivity contribution in [1.82, 2.24) is 4.90 Å². The molecule has 1 N–H and O–H groups in total. The lowest BCUT2D eigenvalue weighted by molar-refractivity contribution is -0.0147. The van der Waals surface area contributed by atoms with Gasteiger partial charge in [0.1, 0.15) is 0 Å². The lowest BCUT2D eigenvalue weighted by atomic mass is 10.0. The molecule has 1 aromatic rings. The van der Waals surface area contributed by atoms with Crippen molar-refractivity contribution in [2.24, 2.45) is 0 Å². The van der Waals surface area contributed by atoms with Gasteiger partial charge in [0.05, 0.1) is 18.8 Å². The number of likely N-dealkylation sites (N-methyl/N-ethyl adjacent to an activating group) is 1. The van der Waals surface area contributed by atoms with Gasteiger partial charge in [0.15, 0.2) is 0 Å². The topological polar surface area (TPSA) is 35.9 Å². The van der Waals surface area contributed by atoms with E-state index in [9.17, 15) is 5.11 Å². The third-order valence-corrected chi connectivity index (χ3v) is 4.31. The van der Waals surface area contributed by atoms with Crippen LogP contribution in [0.5, 0.6) is 0 Å². The zero-order valence-electron chi connectivity index (χ0n) is 12.2. The highest BCUT2D eigenvalue weighted by Crippen LogP contribution is 2.32. The normalized spacial score (nSPS) is 28.0. The Morgan fingerprint density at radius 3 is 3.00 bits per heavy atom. The van der Waals surface area contributed by atoms with Crippen LogP contribution in [0.3, 0.4) is 0 Å². The molecule has 3 rings (SSSR count). The molecule has 2 unspecified atom stereocenters. The molecule has 0 spiro atoms. The number of nitrogens with zero attached hydrogens (tertiary/aromatic N) is 2. The van der Waals surface area contributed by atoms with Crippen molar-refractivity contribution in [2.45, 2.75) is 25.0 Å². The number of para-hydroxylation sites is 1. The summed E-state index contributed by atoms with van der Waals surface area (Å²) >= 11 is 0. The average molecular weight is 276 g/mol. The lowest BCUT2D eigenvalue weighted by Gasteiger charge is -2.35. The van der Waals surface area contributed by atoms with Crippen molar-refractivity contribution in [3.05, 3.63) is 29.8 Å². The number of rotatable bonds is 2. The molecular weight excluding hydrogens is 252 g/mol. The molecule has 2 atom stereocenters. The second-order valence-corrected chi connectivity index (χ2v) is 5.92. The number of aliphatic hydroxyl groups excluding tert-OH is 1. The van der Waals surface area contributed by atoms with E-state index in [0.717, 1.165) is 51.2 Å². The van der Waals surface area contributed by atoms with Crippen molar-refractivity contribution in [1.29, 1.82) is 0 Å². The lowest BCUT2D eigenvalue weighted by Crippen LogP contribution is -2.46. The summed E-state index contributed by atoms with van der Waals surface area (Å²) in [5.74, 6) is 0. The zero-order valence-corrected chi connectivity index (χ0v) is 12.2. The van der Waals surface area contributed by atoms with Gasteiger partial charge in [0.2, 0.25) is 0 Å². The number of benzene rings is 1. The molecule has 2 aliphatic heterocycles. The van der Waals surface area contributed by atoms with Crippen LogP contribution in [-0.2, 0) is 4.74 Å². The predicted octanol–water partition coefficient (Wildman–Crippen LogP) is 1.65. The molecule has 1 saturated heterocycles. The predicted molar refractivity (Wildman–Crippen MR) is 80.1 cm³/mol. The maximum Gasteiger partial charge on any atom is 0.0876 e. The second-order valence-electron chi connectivity index (χ2n) is 5.92. The number of ether oxygens (including phenoxy) is 1. The third-order valence-electron chi connectivity index (χ3n) is 4.31. The molecule has 2 heterocycles. The van der Waals surface area contributed by atoms with Crippen molar-refractivity contribution in [3.63, 3.8) is 0 Å². The van der Waals surface area contributed by atoms with Crippen LogP contribution in [0.15, 0.2) is 24.3 Å². The van der Waals surface area contributed by atoms with Crippen molar-refractivity contribution >= 4 is 5.69 Å². The Bertz CT molecular complexity index is 452. The summed E-state index contributed by atoms with van der Waals surface area (Å²) in [5.41, 5.74) is 2.24. The Morgan fingerprint density at radius 2 is 2.15 bits per heavy atom. The van der Waals surface area contributed by atoms with E-state index in [1.54, 1.807) is 0 Å². The van der Waals surface area contributed by atoms with E-state index < -0.39 is 0 Å². The van der Waals surface area contributed by atoms with Crippen molar-refractivity contribution in [3.8, 4) is 0 Å². The van der Waals surface area contributed by atoms with E-state index in [0.29, 0.717) is 0 Å². The van der Waals surface area contributed by atoms with Gasteiger partial charge >= 0.3 is 0 Å². The summed E-state index contributed by atoms with van der Waals surface area (Å²) in [7, 11) is 2.15. The fourth-order valence-corrected chi connectivity index (χ4v) is 3.22. The van der Waals surface area contributed by atoms with E-state index in [1.165, 1.54) is 5.69 Å². The van der Waals surface area contributed by atoms with E-state index in [4.69, 9.17) is 4.74 Å². The molecule has 0 aromatic heterocycles. The summed E-state index contributed by atoms with van der Waals surface area (Å²) in [6.45, 7) is 4.73. The van der Waals surface area contributed by atoms with E-state index in [-0.39, 0.29) is 12.2 Å². The molecule has 4 nitrogen and oxygen atoms in total. The minimum absolute atomic E-state index is 0.261. The minimum atomic E-state index is -0.328. The van der Waals surface area contributed by atoms with Gasteiger partial charge in [-0.2, -0.15) is 0 Å². The number of hydrogen-bond donors (Lipinski definition) is 1. The Balaban J connectivity index is 1.77. The summed E-state index contributed by atoms with van der Waals surface area (Å²) < 4.78 is 5.89. The Kier molecular flexibility index (Phi) is 4.24. The quantitative estimate of drug-likeness (QED) is 0.891. The van der Waals surface area contributed by atoms with Gasteiger partial charge in [-0.1, -0.05) is 18.2 Å². The van der Waals surface area contributed by atoms with Crippen LogP contribution < -0.4 is 4.90 Å². The highest BCUT2D eigenvalue weighted by atomic mass is 16.5.